The van der Waals surface area contributed by atoms with Crippen molar-refractivity contribution in [1.29, 1.82) is 0 Å². The van der Waals surface area contributed by atoms with Gasteiger partial charge in [-0.3, -0.25) is 4.57 Å². The van der Waals surface area contributed by atoms with E-state index in [0.717, 1.165) is 35.9 Å². The van der Waals surface area contributed by atoms with Crippen molar-refractivity contribution in [3.05, 3.63) is 33.2 Å². The first kappa shape index (κ1) is 13.4. The van der Waals surface area contributed by atoms with E-state index in [0.29, 0.717) is 12.1 Å². The van der Waals surface area contributed by atoms with Crippen molar-refractivity contribution in [3.63, 3.8) is 0 Å². The molecule has 0 radical (unpaired) electrons. The molecular formula is C13H16BrNO3. The molecule has 98 valence electrons. The Morgan fingerprint density at radius 2 is 2.17 bits per heavy atom. The Morgan fingerprint density at radius 3 is 2.94 bits per heavy atom. The average Bonchev–Trinajstić information content (AvgIpc) is 2.64. The molecule has 0 aliphatic rings. The number of hydrogen-bond acceptors (Lipinski definition) is 3. The van der Waals surface area contributed by atoms with Gasteiger partial charge < -0.3 is 9.15 Å². The van der Waals surface area contributed by atoms with Crippen LogP contribution >= 0.6 is 15.9 Å². The number of nitrogens with zero attached hydrogens (tertiary/aromatic N) is 1. The zero-order valence-corrected chi connectivity index (χ0v) is 11.9. The third kappa shape index (κ3) is 3.03. The number of aryl methyl sites for hydroxylation is 1. The molecule has 0 aliphatic heterocycles. The molecule has 0 saturated carbocycles. The number of oxazole rings is 1. The first-order chi connectivity index (χ1) is 8.72. The highest BCUT2D eigenvalue weighted by atomic mass is 79.9. The van der Waals surface area contributed by atoms with Gasteiger partial charge in [0.25, 0.3) is 0 Å². The van der Waals surface area contributed by atoms with E-state index in [-0.39, 0.29) is 5.76 Å². The van der Waals surface area contributed by atoms with Gasteiger partial charge in [0.1, 0.15) is 0 Å². The van der Waals surface area contributed by atoms with E-state index in [1.165, 1.54) is 0 Å². The fourth-order valence-corrected chi connectivity index (χ4v) is 2.29. The molecule has 0 aliphatic carbocycles. The highest BCUT2D eigenvalue weighted by Crippen LogP contribution is 2.19. The van der Waals surface area contributed by atoms with Crippen LogP contribution in [-0.2, 0) is 11.3 Å². The third-order valence-electron chi connectivity index (χ3n) is 2.86. The molecule has 0 saturated heterocycles. The molecule has 0 fully saturated rings. The predicted octanol–water partition coefficient (Wildman–Crippen LogP) is 3.17. The molecule has 0 unspecified atom stereocenters. The van der Waals surface area contributed by atoms with Gasteiger partial charge in [-0.15, -0.1) is 0 Å². The minimum Gasteiger partial charge on any atom is -0.408 e. The highest BCUT2D eigenvalue weighted by Gasteiger charge is 2.08. The maximum atomic E-state index is 11.7. The van der Waals surface area contributed by atoms with E-state index in [1.807, 2.05) is 18.2 Å². The lowest BCUT2D eigenvalue weighted by atomic mass is 10.2. The second kappa shape index (κ2) is 6.20. The first-order valence-corrected chi connectivity index (χ1v) is 6.79. The highest BCUT2D eigenvalue weighted by molar-refractivity contribution is 9.10. The molecule has 0 spiro atoms. The van der Waals surface area contributed by atoms with E-state index >= 15 is 0 Å². The van der Waals surface area contributed by atoms with Gasteiger partial charge in [0.2, 0.25) is 0 Å². The summed E-state index contributed by atoms with van der Waals surface area (Å²) in [6.07, 6.45) is 3.02. The SMILES string of the molecule is COCCCCCn1c(=O)oc2cc(Br)ccc21. The van der Waals surface area contributed by atoms with Crippen molar-refractivity contribution in [1.82, 2.24) is 4.57 Å². The van der Waals surface area contributed by atoms with Crippen LogP contribution in [0, 0.1) is 0 Å². The summed E-state index contributed by atoms with van der Waals surface area (Å²) in [5.74, 6) is -0.283. The number of aromatic nitrogens is 1. The topological polar surface area (TPSA) is 44.4 Å². The van der Waals surface area contributed by atoms with Crippen molar-refractivity contribution in [2.24, 2.45) is 0 Å². The number of methoxy groups -OCH3 is 1. The second-order valence-corrected chi connectivity index (χ2v) is 5.10. The molecule has 4 nitrogen and oxygen atoms in total. The summed E-state index contributed by atoms with van der Waals surface area (Å²) < 4.78 is 12.8. The minimum atomic E-state index is -0.283. The maximum absolute atomic E-state index is 11.7. The Labute approximate surface area is 114 Å². The molecule has 0 atom stereocenters. The van der Waals surface area contributed by atoms with Gasteiger partial charge in [0.15, 0.2) is 5.58 Å². The standard InChI is InChI=1S/C13H16BrNO3/c1-17-8-4-2-3-7-15-11-6-5-10(14)9-12(11)18-13(15)16/h5-6,9H,2-4,7-8H2,1H3. The Kier molecular flexibility index (Phi) is 4.60. The molecule has 0 bridgehead atoms. The molecule has 1 aromatic carbocycles. The van der Waals surface area contributed by atoms with E-state index < -0.39 is 0 Å². The van der Waals surface area contributed by atoms with Crippen LogP contribution in [0.15, 0.2) is 31.9 Å². The fraction of sp³-hybridized carbons (Fsp3) is 0.462. The van der Waals surface area contributed by atoms with Gasteiger partial charge in [0, 0.05) is 24.7 Å². The summed E-state index contributed by atoms with van der Waals surface area (Å²) >= 11 is 3.36. The van der Waals surface area contributed by atoms with Gasteiger partial charge in [-0.05, 0) is 37.5 Å². The largest absolute Gasteiger partial charge is 0.419 e. The van der Waals surface area contributed by atoms with Crippen molar-refractivity contribution in [2.45, 2.75) is 25.8 Å². The normalized spacial score (nSPS) is 11.2. The Hall–Kier alpha value is -1.07. The monoisotopic (exact) mass is 313 g/mol. The lowest BCUT2D eigenvalue weighted by molar-refractivity contribution is 0.191. The van der Waals surface area contributed by atoms with Crippen molar-refractivity contribution >= 4 is 27.0 Å². The number of hydrogen-bond donors (Lipinski definition) is 0. The quantitative estimate of drug-likeness (QED) is 0.769. The Morgan fingerprint density at radius 1 is 1.33 bits per heavy atom. The zero-order chi connectivity index (χ0) is 13.0. The first-order valence-electron chi connectivity index (χ1n) is 6.00. The molecule has 1 aromatic heterocycles. The number of rotatable bonds is 6. The average molecular weight is 314 g/mol. The van der Waals surface area contributed by atoms with Crippen LogP contribution in [0.3, 0.4) is 0 Å². The van der Waals surface area contributed by atoms with Gasteiger partial charge in [-0.25, -0.2) is 4.79 Å². The molecule has 0 amide bonds. The van der Waals surface area contributed by atoms with Crippen molar-refractivity contribution in [2.75, 3.05) is 13.7 Å². The van der Waals surface area contributed by atoms with Crippen LogP contribution in [0.2, 0.25) is 0 Å². The summed E-state index contributed by atoms with van der Waals surface area (Å²) in [7, 11) is 1.70. The van der Waals surface area contributed by atoms with E-state index in [1.54, 1.807) is 11.7 Å². The summed E-state index contributed by atoms with van der Waals surface area (Å²) in [6.45, 7) is 1.46. The van der Waals surface area contributed by atoms with Crippen LogP contribution in [0.4, 0.5) is 0 Å². The second-order valence-electron chi connectivity index (χ2n) is 4.19. The third-order valence-corrected chi connectivity index (χ3v) is 3.35. The number of unbranched alkanes of at least 4 members (excludes halogenated alkanes) is 2. The molecule has 1 heterocycles. The summed E-state index contributed by atoms with van der Waals surface area (Å²) in [5.41, 5.74) is 1.49. The van der Waals surface area contributed by atoms with Crippen molar-refractivity contribution in [3.8, 4) is 0 Å². The molecule has 18 heavy (non-hydrogen) atoms. The van der Waals surface area contributed by atoms with E-state index in [4.69, 9.17) is 9.15 Å². The van der Waals surface area contributed by atoms with Crippen LogP contribution in [0.5, 0.6) is 0 Å². The van der Waals surface area contributed by atoms with E-state index in [2.05, 4.69) is 15.9 Å². The summed E-state index contributed by atoms with van der Waals surface area (Å²) in [5, 5.41) is 0. The van der Waals surface area contributed by atoms with Gasteiger partial charge >= 0.3 is 5.76 Å². The minimum absolute atomic E-state index is 0.283. The summed E-state index contributed by atoms with van der Waals surface area (Å²) in [4.78, 5) is 11.7. The van der Waals surface area contributed by atoms with Crippen LogP contribution in [0.1, 0.15) is 19.3 Å². The van der Waals surface area contributed by atoms with E-state index in [9.17, 15) is 4.79 Å². The lowest BCUT2D eigenvalue weighted by Gasteiger charge is -2.02. The van der Waals surface area contributed by atoms with Crippen molar-refractivity contribution < 1.29 is 9.15 Å². The zero-order valence-electron chi connectivity index (χ0n) is 10.3. The fourth-order valence-electron chi connectivity index (χ4n) is 1.95. The van der Waals surface area contributed by atoms with Crippen LogP contribution in [-0.4, -0.2) is 18.3 Å². The predicted molar refractivity (Wildman–Crippen MR) is 73.9 cm³/mol. The van der Waals surface area contributed by atoms with Gasteiger partial charge in [-0.1, -0.05) is 15.9 Å². The molecule has 5 heteroatoms. The Balaban J connectivity index is 2.08. The van der Waals surface area contributed by atoms with Crippen LogP contribution in [0.25, 0.3) is 11.1 Å². The molecule has 2 rings (SSSR count). The number of fused-ring (bicyclic) bond motifs is 1. The molecule has 2 aromatic rings. The summed E-state index contributed by atoms with van der Waals surface area (Å²) in [6, 6.07) is 5.64. The molecule has 0 N–H and O–H groups in total. The Bertz CT molecular complexity index is 573. The van der Waals surface area contributed by atoms with Crippen LogP contribution < -0.4 is 5.76 Å². The number of ether oxygens (including phenoxy) is 1. The maximum Gasteiger partial charge on any atom is 0.419 e. The smallest absolute Gasteiger partial charge is 0.408 e. The lowest BCUT2D eigenvalue weighted by Crippen LogP contribution is -2.14. The molecular weight excluding hydrogens is 298 g/mol. The van der Waals surface area contributed by atoms with Gasteiger partial charge in [-0.2, -0.15) is 0 Å². The number of benzene rings is 1. The van der Waals surface area contributed by atoms with Gasteiger partial charge in [0.05, 0.1) is 5.52 Å². The number of halogens is 1.